The van der Waals surface area contributed by atoms with Crippen LogP contribution in [0.4, 0.5) is 5.69 Å². The maximum atomic E-state index is 10.8. The van der Waals surface area contributed by atoms with Crippen LogP contribution in [0.1, 0.15) is 48.0 Å². The zero-order valence-corrected chi connectivity index (χ0v) is 12.3. The fourth-order valence-electron chi connectivity index (χ4n) is 1.96. The van der Waals surface area contributed by atoms with Crippen molar-refractivity contribution in [3.63, 3.8) is 0 Å². The Hall–Kier alpha value is -1.95. The molecule has 0 amide bonds. The van der Waals surface area contributed by atoms with E-state index in [0.29, 0.717) is 19.1 Å². The normalized spacial score (nSPS) is 9.71. The van der Waals surface area contributed by atoms with Crippen molar-refractivity contribution in [2.75, 3.05) is 0 Å². The number of hydrogen-bond acceptors (Lipinski definition) is 4. The summed E-state index contributed by atoms with van der Waals surface area (Å²) in [4.78, 5) is 31.2. The first-order valence-corrected chi connectivity index (χ1v) is 6.49. The molecule has 6 nitrogen and oxygen atoms in total. The van der Waals surface area contributed by atoms with Gasteiger partial charge in [0.25, 0.3) is 5.69 Å². The monoisotopic (exact) mass is 315 g/mol. The molecule has 0 aromatic heterocycles. The second-order valence-corrected chi connectivity index (χ2v) is 4.58. The maximum absolute atomic E-state index is 10.8. The molecule has 7 heteroatoms. The molecular formula is C14H18ClNO5. The second-order valence-electron chi connectivity index (χ2n) is 4.58. The number of halogens is 1. The molecule has 0 unspecified atom stereocenters. The van der Waals surface area contributed by atoms with Crippen molar-refractivity contribution in [1.29, 1.82) is 0 Å². The number of rotatable bonds is 9. The van der Waals surface area contributed by atoms with Crippen molar-refractivity contribution >= 4 is 30.3 Å². The summed E-state index contributed by atoms with van der Waals surface area (Å²) in [5.74, 6) is -0.787. The number of carboxylic acids is 1. The number of benzene rings is 1. The highest BCUT2D eigenvalue weighted by Gasteiger charge is 2.13. The van der Waals surface area contributed by atoms with Crippen LogP contribution in [0.3, 0.4) is 0 Å². The molecule has 116 valence electrons. The highest BCUT2D eigenvalue weighted by atomic mass is 35.5. The molecule has 0 bridgehead atoms. The summed E-state index contributed by atoms with van der Waals surface area (Å²) in [6.45, 7) is 0. The summed E-state index contributed by atoms with van der Waals surface area (Å²) in [6.07, 6.45) is 4.56. The Bertz CT molecular complexity index is 504. The van der Waals surface area contributed by atoms with Crippen LogP contribution >= 0.6 is 12.4 Å². The average Bonchev–Trinajstić information content (AvgIpc) is 2.42. The van der Waals surface area contributed by atoms with Crippen molar-refractivity contribution in [3.8, 4) is 0 Å². The predicted octanol–water partition coefficient (Wildman–Crippen LogP) is 3.41. The van der Waals surface area contributed by atoms with Gasteiger partial charge < -0.3 is 5.11 Å². The minimum atomic E-state index is -0.787. The molecular weight excluding hydrogens is 298 g/mol. The molecule has 0 aliphatic carbocycles. The topological polar surface area (TPSA) is 97.5 Å². The van der Waals surface area contributed by atoms with Crippen molar-refractivity contribution in [3.05, 3.63) is 39.4 Å². The summed E-state index contributed by atoms with van der Waals surface area (Å²) in [7, 11) is 0. The molecule has 0 heterocycles. The van der Waals surface area contributed by atoms with Gasteiger partial charge in [0, 0.05) is 12.5 Å². The second kappa shape index (κ2) is 9.88. The molecule has 1 rings (SSSR count). The third-order valence-electron chi connectivity index (χ3n) is 3.02. The lowest BCUT2D eigenvalue weighted by atomic mass is 10.0. The van der Waals surface area contributed by atoms with Gasteiger partial charge >= 0.3 is 5.97 Å². The van der Waals surface area contributed by atoms with Crippen LogP contribution in [0.5, 0.6) is 0 Å². The molecule has 0 saturated heterocycles. The van der Waals surface area contributed by atoms with Gasteiger partial charge in [0.05, 0.1) is 10.5 Å². The van der Waals surface area contributed by atoms with Crippen LogP contribution in [-0.4, -0.2) is 22.3 Å². The van der Waals surface area contributed by atoms with E-state index in [0.717, 1.165) is 24.8 Å². The first kappa shape index (κ1) is 19.1. The standard InChI is InChI=1S/C14H17NO5.ClH/c16-10-12-8-7-11(9-13(12)15(19)20)5-3-1-2-4-6-14(17)18;/h7-10H,1-6H2,(H,17,18);1H. The molecule has 21 heavy (non-hydrogen) atoms. The highest BCUT2D eigenvalue weighted by molar-refractivity contribution is 5.85. The highest BCUT2D eigenvalue weighted by Crippen LogP contribution is 2.20. The van der Waals surface area contributed by atoms with E-state index in [1.807, 2.05) is 0 Å². The average molecular weight is 316 g/mol. The molecule has 0 aliphatic rings. The Morgan fingerprint density at radius 3 is 2.48 bits per heavy atom. The lowest BCUT2D eigenvalue weighted by Gasteiger charge is -2.03. The summed E-state index contributed by atoms with van der Waals surface area (Å²) in [5, 5.41) is 19.3. The Kier molecular flexibility index (Phi) is 8.96. The van der Waals surface area contributed by atoms with Gasteiger partial charge in [-0.25, -0.2) is 0 Å². The number of aliphatic carboxylic acids is 1. The van der Waals surface area contributed by atoms with Crippen LogP contribution in [0.25, 0.3) is 0 Å². The lowest BCUT2D eigenvalue weighted by molar-refractivity contribution is -0.385. The van der Waals surface area contributed by atoms with E-state index in [2.05, 4.69) is 0 Å². The number of aryl methyl sites for hydroxylation is 1. The lowest BCUT2D eigenvalue weighted by Crippen LogP contribution is -1.97. The third kappa shape index (κ3) is 6.85. The first-order valence-electron chi connectivity index (χ1n) is 6.49. The maximum Gasteiger partial charge on any atom is 0.303 e. The van der Waals surface area contributed by atoms with Crippen LogP contribution in [0.15, 0.2) is 18.2 Å². The number of carbonyl (C=O) groups is 2. The zero-order chi connectivity index (χ0) is 15.0. The van der Waals surface area contributed by atoms with Crippen LogP contribution in [0, 0.1) is 10.1 Å². The van der Waals surface area contributed by atoms with Gasteiger partial charge in [-0.15, -0.1) is 12.4 Å². The van der Waals surface area contributed by atoms with Crippen LogP contribution < -0.4 is 0 Å². The first-order chi connectivity index (χ1) is 9.54. The van der Waals surface area contributed by atoms with E-state index in [1.54, 1.807) is 6.07 Å². The van der Waals surface area contributed by atoms with Gasteiger partial charge in [0.15, 0.2) is 6.29 Å². The van der Waals surface area contributed by atoms with E-state index in [1.165, 1.54) is 12.1 Å². The van der Waals surface area contributed by atoms with Crippen LogP contribution in [-0.2, 0) is 11.2 Å². The third-order valence-corrected chi connectivity index (χ3v) is 3.02. The molecule has 0 fully saturated rings. The molecule has 0 atom stereocenters. The minimum absolute atomic E-state index is 0. The van der Waals surface area contributed by atoms with Gasteiger partial charge in [-0.3, -0.25) is 19.7 Å². The van der Waals surface area contributed by atoms with E-state index < -0.39 is 10.9 Å². The number of nitro groups is 1. The Morgan fingerprint density at radius 2 is 1.90 bits per heavy atom. The molecule has 0 spiro atoms. The summed E-state index contributed by atoms with van der Waals surface area (Å²) < 4.78 is 0. The smallest absolute Gasteiger partial charge is 0.303 e. The molecule has 1 N–H and O–H groups in total. The zero-order valence-electron chi connectivity index (χ0n) is 11.5. The van der Waals surface area contributed by atoms with Gasteiger partial charge in [0.2, 0.25) is 0 Å². The van der Waals surface area contributed by atoms with Crippen molar-refractivity contribution in [2.24, 2.45) is 0 Å². The Balaban J connectivity index is 0.00000400. The van der Waals surface area contributed by atoms with Crippen molar-refractivity contribution in [1.82, 2.24) is 0 Å². The van der Waals surface area contributed by atoms with E-state index in [-0.39, 0.29) is 30.1 Å². The quantitative estimate of drug-likeness (QED) is 0.326. The van der Waals surface area contributed by atoms with Crippen LogP contribution in [0.2, 0.25) is 0 Å². The van der Waals surface area contributed by atoms with Gasteiger partial charge in [-0.2, -0.15) is 0 Å². The summed E-state index contributed by atoms with van der Waals surface area (Å²) in [5.41, 5.74) is 0.740. The number of hydrogen-bond donors (Lipinski definition) is 1. The molecule has 1 aromatic carbocycles. The SMILES string of the molecule is Cl.O=Cc1ccc(CCCCCCC(=O)O)cc1[N+](=O)[O-]. The molecule has 1 aromatic rings. The number of nitro benzene ring substituents is 1. The van der Waals surface area contributed by atoms with Crippen molar-refractivity contribution in [2.45, 2.75) is 38.5 Å². The fourth-order valence-corrected chi connectivity index (χ4v) is 1.96. The summed E-state index contributed by atoms with van der Waals surface area (Å²) in [6, 6.07) is 4.61. The minimum Gasteiger partial charge on any atom is -0.481 e. The molecule has 0 aliphatic heterocycles. The summed E-state index contributed by atoms with van der Waals surface area (Å²) >= 11 is 0. The number of aldehydes is 1. The van der Waals surface area contributed by atoms with Gasteiger partial charge in [-0.1, -0.05) is 18.9 Å². The van der Waals surface area contributed by atoms with E-state index in [4.69, 9.17) is 5.11 Å². The Morgan fingerprint density at radius 1 is 1.24 bits per heavy atom. The number of carbonyl (C=O) groups excluding carboxylic acids is 1. The van der Waals surface area contributed by atoms with E-state index >= 15 is 0 Å². The molecule has 0 radical (unpaired) electrons. The number of unbranched alkanes of at least 4 members (excludes halogenated alkanes) is 3. The predicted molar refractivity (Wildman–Crippen MR) is 80.2 cm³/mol. The van der Waals surface area contributed by atoms with Crippen molar-refractivity contribution < 1.29 is 19.6 Å². The van der Waals surface area contributed by atoms with Gasteiger partial charge in [-0.05, 0) is 30.9 Å². The van der Waals surface area contributed by atoms with Gasteiger partial charge in [0.1, 0.15) is 0 Å². The van der Waals surface area contributed by atoms with E-state index in [9.17, 15) is 19.7 Å². The Labute approximate surface area is 128 Å². The fraction of sp³-hybridized carbons (Fsp3) is 0.429. The largest absolute Gasteiger partial charge is 0.481 e. The molecule has 0 saturated carbocycles. The number of nitrogens with zero attached hydrogens (tertiary/aromatic N) is 1. The number of carboxylic acid groups (broad SMARTS) is 1.